The topological polar surface area (TPSA) is 50.1 Å². The van der Waals surface area contributed by atoms with Gasteiger partial charge in [-0.1, -0.05) is 6.08 Å². The van der Waals surface area contributed by atoms with Crippen LogP contribution in [0, 0.1) is 46.5 Å². The van der Waals surface area contributed by atoms with E-state index >= 15 is 0 Å². The predicted octanol–water partition coefficient (Wildman–Crippen LogP) is 6.68. The number of halogens is 3. The number of nitrogens with zero attached hydrogens (tertiary/aromatic N) is 1. The summed E-state index contributed by atoms with van der Waals surface area (Å²) < 4.78 is 48.6. The van der Waals surface area contributed by atoms with Crippen LogP contribution in [0.15, 0.2) is 43.0 Å². The molecule has 2 aliphatic rings. The van der Waals surface area contributed by atoms with Crippen LogP contribution in [0.5, 0.6) is 5.75 Å². The van der Waals surface area contributed by atoms with Crippen LogP contribution in [0.2, 0.25) is 0 Å². The van der Waals surface area contributed by atoms with E-state index in [1.807, 2.05) is 6.08 Å². The first-order valence-corrected chi connectivity index (χ1v) is 10.9. The number of rotatable bonds is 4. The molecule has 0 spiro atoms. The Kier molecular flexibility index (Phi) is 6.36. The van der Waals surface area contributed by atoms with E-state index in [-0.39, 0.29) is 28.4 Å². The molecule has 2 aliphatic carbocycles. The molecule has 0 aromatic heterocycles. The fourth-order valence-electron chi connectivity index (χ4n) is 5.31. The maximum atomic E-state index is 14.9. The zero-order chi connectivity index (χ0) is 22.8. The Hall–Kier alpha value is -3.07. The van der Waals surface area contributed by atoms with Crippen LogP contribution in [0.3, 0.4) is 0 Å². The first kappa shape index (κ1) is 22.1. The quantitative estimate of drug-likeness (QED) is 0.303. The molecule has 0 aliphatic heterocycles. The van der Waals surface area contributed by atoms with E-state index in [0.29, 0.717) is 24.2 Å². The van der Waals surface area contributed by atoms with E-state index in [9.17, 15) is 18.0 Å². The van der Waals surface area contributed by atoms with Crippen molar-refractivity contribution in [2.24, 2.45) is 17.8 Å². The Morgan fingerprint density at radius 1 is 1.00 bits per heavy atom. The molecule has 4 unspecified atom stereocenters. The van der Waals surface area contributed by atoms with Gasteiger partial charge in [-0.05, 0) is 86.5 Å². The van der Waals surface area contributed by atoms with E-state index in [1.54, 1.807) is 6.07 Å². The molecule has 0 bridgehead atoms. The fraction of sp³-hybridized carbons (Fsp3) is 0.385. The second-order valence-corrected chi connectivity index (χ2v) is 8.84. The number of carbonyl (C=O) groups excluding carboxylic acids is 1. The number of fused-ring (bicyclic) bond motifs is 1. The summed E-state index contributed by atoms with van der Waals surface area (Å²) in [5, 5.41) is 8.77. The summed E-state index contributed by atoms with van der Waals surface area (Å²) in [6, 6.07) is 6.94. The van der Waals surface area contributed by atoms with Crippen molar-refractivity contribution in [1.29, 1.82) is 5.26 Å². The summed E-state index contributed by atoms with van der Waals surface area (Å²) in [7, 11) is 0. The van der Waals surface area contributed by atoms with Gasteiger partial charge in [0.1, 0.15) is 29.3 Å². The van der Waals surface area contributed by atoms with Crippen molar-refractivity contribution in [2.75, 3.05) is 0 Å². The summed E-state index contributed by atoms with van der Waals surface area (Å²) in [5.41, 5.74) is -0.442. The number of allylic oxidation sites excluding steroid dienone is 1. The van der Waals surface area contributed by atoms with Crippen molar-refractivity contribution in [1.82, 2.24) is 0 Å². The van der Waals surface area contributed by atoms with E-state index in [4.69, 9.17) is 10.00 Å². The van der Waals surface area contributed by atoms with E-state index in [1.165, 1.54) is 12.1 Å². The molecule has 2 saturated carbocycles. The Balaban J connectivity index is 1.49. The number of hydrogen-bond donors (Lipinski definition) is 0. The molecule has 0 N–H and O–H groups in total. The highest BCUT2D eigenvalue weighted by Crippen LogP contribution is 2.48. The average Bonchev–Trinajstić information content (AvgIpc) is 2.78. The molecule has 4 rings (SSSR count). The molecule has 4 atom stereocenters. The second-order valence-electron chi connectivity index (χ2n) is 8.84. The second kappa shape index (κ2) is 9.20. The van der Waals surface area contributed by atoms with Gasteiger partial charge in [0.15, 0.2) is 0 Å². The largest absolute Gasteiger partial charge is 0.423 e. The maximum Gasteiger partial charge on any atom is 0.343 e. The zero-order valence-corrected chi connectivity index (χ0v) is 17.6. The van der Waals surface area contributed by atoms with Crippen LogP contribution in [0.1, 0.15) is 65.9 Å². The molecule has 32 heavy (non-hydrogen) atoms. The zero-order valence-electron chi connectivity index (χ0n) is 17.6. The summed E-state index contributed by atoms with van der Waals surface area (Å²) in [6.45, 7) is 3.90. The van der Waals surface area contributed by atoms with E-state index in [0.717, 1.165) is 50.3 Å². The Labute approximate surface area is 185 Å². The summed E-state index contributed by atoms with van der Waals surface area (Å²) in [4.78, 5) is 12.4. The Bertz CT molecular complexity index is 1070. The average molecular weight is 439 g/mol. The SMILES string of the molecule is C=CC1CCC2CC(c3c(F)cc(C(=O)Oc4ccc(C#N)c(F)c4)cc3F)CCC2C1. The predicted molar refractivity (Wildman–Crippen MR) is 114 cm³/mol. The van der Waals surface area contributed by atoms with E-state index in [2.05, 4.69) is 6.58 Å². The lowest BCUT2D eigenvalue weighted by molar-refractivity contribution is 0.0733. The maximum absolute atomic E-state index is 14.9. The lowest BCUT2D eigenvalue weighted by Crippen LogP contribution is -2.30. The Morgan fingerprint density at radius 3 is 2.34 bits per heavy atom. The van der Waals surface area contributed by atoms with Crippen molar-refractivity contribution < 1.29 is 22.7 Å². The van der Waals surface area contributed by atoms with Crippen LogP contribution in [0.25, 0.3) is 0 Å². The first-order valence-electron chi connectivity index (χ1n) is 10.9. The van der Waals surface area contributed by atoms with Crippen molar-refractivity contribution in [2.45, 2.75) is 44.4 Å². The molecular weight excluding hydrogens is 415 g/mol. The van der Waals surface area contributed by atoms with Crippen LogP contribution < -0.4 is 4.74 Å². The number of nitriles is 1. The van der Waals surface area contributed by atoms with Gasteiger partial charge in [-0.2, -0.15) is 5.26 Å². The number of carbonyl (C=O) groups is 1. The van der Waals surface area contributed by atoms with Gasteiger partial charge in [0.05, 0.1) is 11.1 Å². The van der Waals surface area contributed by atoms with Crippen LogP contribution in [-0.4, -0.2) is 5.97 Å². The number of esters is 1. The number of ether oxygens (including phenoxy) is 1. The van der Waals surface area contributed by atoms with Gasteiger partial charge in [0, 0.05) is 11.6 Å². The Morgan fingerprint density at radius 2 is 1.69 bits per heavy atom. The van der Waals surface area contributed by atoms with Crippen molar-refractivity contribution in [3.63, 3.8) is 0 Å². The highest BCUT2D eigenvalue weighted by molar-refractivity contribution is 5.91. The monoisotopic (exact) mass is 439 g/mol. The minimum atomic E-state index is -0.995. The summed E-state index contributed by atoms with van der Waals surface area (Å²) >= 11 is 0. The molecule has 2 aromatic carbocycles. The third-order valence-electron chi connectivity index (χ3n) is 6.98. The fourth-order valence-corrected chi connectivity index (χ4v) is 5.31. The van der Waals surface area contributed by atoms with Crippen LogP contribution >= 0.6 is 0 Å². The molecule has 6 heteroatoms. The molecule has 2 aromatic rings. The highest BCUT2D eigenvalue weighted by Gasteiger charge is 2.37. The summed E-state index contributed by atoms with van der Waals surface area (Å²) in [6.07, 6.45) is 7.64. The van der Waals surface area contributed by atoms with Crippen LogP contribution in [-0.2, 0) is 0 Å². The molecule has 2 fully saturated rings. The molecule has 0 heterocycles. The standard InChI is InChI=1S/C26H24F3NO2/c1-2-15-3-4-17-10-18(6-5-16(17)9-15)25-23(28)11-20(12-24(25)29)26(31)32-21-8-7-19(14-30)22(27)13-21/h2,7-8,11-13,15-18H,1,3-6,9-10H2. The number of hydrogen-bond acceptors (Lipinski definition) is 3. The van der Waals surface area contributed by atoms with Gasteiger partial charge in [-0.15, -0.1) is 6.58 Å². The highest BCUT2D eigenvalue weighted by atomic mass is 19.1. The summed E-state index contributed by atoms with van der Waals surface area (Å²) in [5.74, 6) is -2.14. The van der Waals surface area contributed by atoms with Gasteiger partial charge in [-0.25, -0.2) is 18.0 Å². The van der Waals surface area contributed by atoms with Crippen LogP contribution in [0.4, 0.5) is 13.2 Å². The number of benzene rings is 2. The van der Waals surface area contributed by atoms with Gasteiger partial charge in [0.2, 0.25) is 0 Å². The van der Waals surface area contributed by atoms with Gasteiger partial charge < -0.3 is 4.74 Å². The first-order chi connectivity index (χ1) is 15.4. The minimum Gasteiger partial charge on any atom is -0.423 e. The smallest absolute Gasteiger partial charge is 0.343 e. The minimum absolute atomic E-state index is 0.0373. The van der Waals surface area contributed by atoms with Crippen molar-refractivity contribution >= 4 is 5.97 Å². The molecule has 0 radical (unpaired) electrons. The molecule has 0 amide bonds. The van der Waals surface area contributed by atoms with Crippen molar-refractivity contribution in [3.05, 3.63) is 77.1 Å². The third-order valence-corrected chi connectivity index (χ3v) is 6.98. The van der Waals surface area contributed by atoms with E-state index < -0.39 is 23.4 Å². The van der Waals surface area contributed by atoms with Crippen molar-refractivity contribution in [3.8, 4) is 11.8 Å². The van der Waals surface area contributed by atoms with Gasteiger partial charge in [-0.3, -0.25) is 0 Å². The molecule has 166 valence electrons. The molecule has 3 nitrogen and oxygen atoms in total. The third kappa shape index (κ3) is 4.43. The molecule has 0 saturated heterocycles. The van der Waals surface area contributed by atoms with Gasteiger partial charge >= 0.3 is 5.97 Å². The normalized spacial score (nSPS) is 24.8. The van der Waals surface area contributed by atoms with Gasteiger partial charge in [0.25, 0.3) is 0 Å². The lowest BCUT2D eigenvalue weighted by Gasteiger charge is -2.41. The lowest BCUT2D eigenvalue weighted by atomic mass is 9.64. The molecular formula is C26H24F3NO2.